The van der Waals surface area contributed by atoms with Crippen LogP contribution in [-0.4, -0.2) is 28.5 Å². The van der Waals surface area contributed by atoms with Gasteiger partial charge in [-0.2, -0.15) is 0 Å². The lowest BCUT2D eigenvalue weighted by Gasteiger charge is -2.20. The molecule has 0 aliphatic rings. The van der Waals surface area contributed by atoms with Crippen LogP contribution in [0, 0.1) is 0 Å². The minimum absolute atomic E-state index is 0.0838. The van der Waals surface area contributed by atoms with Crippen molar-refractivity contribution in [1.82, 2.24) is 10.0 Å². The Morgan fingerprint density at radius 2 is 1.60 bits per heavy atom. The number of sulfonamides is 1. The van der Waals surface area contributed by atoms with E-state index in [0.29, 0.717) is 6.42 Å². The lowest BCUT2D eigenvalue weighted by Crippen LogP contribution is -2.30. The van der Waals surface area contributed by atoms with E-state index in [1.54, 1.807) is 6.07 Å². The Labute approximate surface area is 177 Å². The van der Waals surface area contributed by atoms with Crippen LogP contribution in [0.5, 0.6) is 5.75 Å². The fourth-order valence-corrected chi connectivity index (χ4v) is 4.09. The lowest BCUT2D eigenvalue weighted by atomic mass is 9.98. The summed E-state index contributed by atoms with van der Waals surface area (Å²) in [5.41, 5.74) is 2.28. The number of rotatable bonds is 8. The molecule has 0 bridgehead atoms. The number of hydrogen-bond donors (Lipinski definition) is 2. The maximum atomic E-state index is 13.0. The molecule has 3 aromatic rings. The van der Waals surface area contributed by atoms with Gasteiger partial charge < -0.3 is 10.1 Å². The topological polar surface area (TPSA) is 84.5 Å². The smallest absolute Gasteiger partial charge is 0.251 e. The molecule has 30 heavy (non-hydrogen) atoms. The van der Waals surface area contributed by atoms with Crippen LogP contribution in [0.2, 0.25) is 0 Å². The quantitative estimate of drug-likeness (QED) is 0.581. The van der Waals surface area contributed by atoms with Gasteiger partial charge in [0, 0.05) is 5.56 Å². The van der Waals surface area contributed by atoms with Gasteiger partial charge in [0.1, 0.15) is 10.6 Å². The molecule has 2 N–H and O–H groups in total. The first-order valence-electron chi connectivity index (χ1n) is 9.46. The summed E-state index contributed by atoms with van der Waals surface area (Å²) in [6.45, 7) is 0. The zero-order chi connectivity index (χ0) is 21.6. The Morgan fingerprint density at radius 1 is 0.967 bits per heavy atom. The van der Waals surface area contributed by atoms with Crippen molar-refractivity contribution in [3.8, 4) is 5.75 Å². The fourth-order valence-electron chi connectivity index (χ4n) is 3.17. The zero-order valence-electron chi connectivity index (χ0n) is 16.8. The van der Waals surface area contributed by atoms with Crippen LogP contribution in [0.25, 0.3) is 0 Å². The highest BCUT2D eigenvalue weighted by Crippen LogP contribution is 2.25. The normalized spacial score (nSPS) is 12.2. The second kappa shape index (κ2) is 9.56. The molecule has 3 aromatic carbocycles. The molecule has 0 heterocycles. The molecular weight excluding hydrogens is 400 g/mol. The molecule has 7 heteroatoms. The van der Waals surface area contributed by atoms with E-state index in [1.807, 2.05) is 60.7 Å². The molecule has 3 rings (SSSR count). The van der Waals surface area contributed by atoms with Crippen molar-refractivity contribution in [1.29, 1.82) is 0 Å². The van der Waals surface area contributed by atoms with Crippen molar-refractivity contribution in [2.24, 2.45) is 0 Å². The van der Waals surface area contributed by atoms with Crippen LogP contribution in [-0.2, 0) is 16.4 Å². The van der Waals surface area contributed by atoms with E-state index in [9.17, 15) is 13.2 Å². The van der Waals surface area contributed by atoms with Gasteiger partial charge in [-0.1, -0.05) is 60.7 Å². The van der Waals surface area contributed by atoms with Crippen LogP contribution in [0.4, 0.5) is 0 Å². The largest absolute Gasteiger partial charge is 0.495 e. The lowest BCUT2D eigenvalue weighted by molar-refractivity contribution is 0.0936. The summed E-state index contributed by atoms with van der Waals surface area (Å²) in [6.07, 6.45) is 0.606. The number of hydrogen-bond acceptors (Lipinski definition) is 4. The van der Waals surface area contributed by atoms with Gasteiger partial charge in [-0.3, -0.25) is 4.79 Å². The van der Waals surface area contributed by atoms with Crippen molar-refractivity contribution >= 4 is 15.9 Å². The van der Waals surface area contributed by atoms with Crippen molar-refractivity contribution < 1.29 is 17.9 Å². The first-order chi connectivity index (χ1) is 14.4. The molecule has 0 radical (unpaired) electrons. The van der Waals surface area contributed by atoms with Gasteiger partial charge in [-0.25, -0.2) is 13.1 Å². The molecule has 6 nitrogen and oxygen atoms in total. The maximum Gasteiger partial charge on any atom is 0.251 e. The van der Waals surface area contributed by atoms with Gasteiger partial charge in [-0.15, -0.1) is 0 Å². The Kier molecular flexibility index (Phi) is 6.87. The molecule has 0 aliphatic carbocycles. The summed E-state index contributed by atoms with van der Waals surface area (Å²) < 4.78 is 32.0. The number of carbonyl (C=O) groups is 1. The summed E-state index contributed by atoms with van der Waals surface area (Å²) in [6, 6.07) is 23.6. The van der Waals surface area contributed by atoms with Gasteiger partial charge in [0.2, 0.25) is 10.0 Å². The number of amides is 1. The van der Waals surface area contributed by atoms with Crippen LogP contribution in [0.1, 0.15) is 27.5 Å². The monoisotopic (exact) mass is 424 g/mol. The number of nitrogens with one attached hydrogen (secondary N) is 2. The molecule has 0 spiro atoms. The third-order valence-corrected chi connectivity index (χ3v) is 6.21. The molecule has 0 saturated heterocycles. The van der Waals surface area contributed by atoms with Gasteiger partial charge in [-0.05, 0) is 42.8 Å². The van der Waals surface area contributed by atoms with Gasteiger partial charge >= 0.3 is 0 Å². The van der Waals surface area contributed by atoms with Crippen LogP contribution in [0.15, 0.2) is 83.8 Å². The molecule has 0 saturated carbocycles. The summed E-state index contributed by atoms with van der Waals surface area (Å²) in [4.78, 5) is 12.9. The highest BCUT2D eigenvalue weighted by molar-refractivity contribution is 7.89. The van der Waals surface area contributed by atoms with Crippen molar-refractivity contribution in [3.05, 3.63) is 95.6 Å². The molecule has 0 aliphatic heterocycles. The standard InChI is InChI=1S/C23H24N2O4S/c1-24-30(27,28)22-16-19(13-14-21(22)29-2)23(26)25-20(18-11-7-4-8-12-18)15-17-9-5-3-6-10-17/h3-14,16,20,24H,15H2,1-2H3,(H,25,26). The number of carbonyl (C=O) groups excluding carboxylic acids is 1. The summed E-state index contributed by atoms with van der Waals surface area (Å²) in [5.74, 6) is -0.195. The minimum atomic E-state index is -3.78. The molecule has 1 atom stereocenters. The van der Waals surface area contributed by atoms with Gasteiger partial charge in [0.25, 0.3) is 5.91 Å². The van der Waals surface area contributed by atoms with Gasteiger partial charge in [0.15, 0.2) is 0 Å². The van der Waals surface area contributed by atoms with E-state index in [1.165, 1.54) is 26.3 Å². The SMILES string of the molecule is CNS(=O)(=O)c1cc(C(=O)NC(Cc2ccccc2)c2ccccc2)ccc1OC. The molecule has 0 aromatic heterocycles. The summed E-state index contributed by atoms with van der Waals surface area (Å²) in [5, 5.41) is 3.04. The van der Waals surface area contributed by atoms with E-state index in [-0.39, 0.29) is 28.2 Å². The fraction of sp³-hybridized carbons (Fsp3) is 0.174. The van der Waals surface area contributed by atoms with Crippen LogP contribution < -0.4 is 14.8 Å². The zero-order valence-corrected chi connectivity index (χ0v) is 17.6. The Morgan fingerprint density at radius 3 is 2.20 bits per heavy atom. The minimum Gasteiger partial charge on any atom is -0.495 e. The van der Waals surface area contributed by atoms with E-state index in [4.69, 9.17) is 4.74 Å². The first kappa shape index (κ1) is 21.5. The second-order valence-electron chi connectivity index (χ2n) is 6.70. The molecule has 1 amide bonds. The molecular formula is C23H24N2O4S. The predicted octanol–water partition coefficient (Wildman–Crippen LogP) is 3.32. The Hall–Kier alpha value is -3.16. The predicted molar refractivity (Wildman–Crippen MR) is 116 cm³/mol. The number of benzene rings is 3. The third-order valence-electron chi connectivity index (χ3n) is 4.77. The van der Waals surface area contributed by atoms with E-state index < -0.39 is 10.0 Å². The van der Waals surface area contributed by atoms with Crippen molar-refractivity contribution in [3.63, 3.8) is 0 Å². The van der Waals surface area contributed by atoms with Gasteiger partial charge in [0.05, 0.1) is 13.2 Å². The molecule has 156 valence electrons. The van der Waals surface area contributed by atoms with Crippen molar-refractivity contribution in [2.45, 2.75) is 17.4 Å². The number of methoxy groups -OCH3 is 1. The highest BCUT2D eigenvalue weighted by Gasteiger charge is 2.22. The average molecular weight is 425 g/mol. The average Bonchev–Trinajstić information content (AvgIpc) is 2.79. The highest BCUT2D eigenvalue weighted by atomic mass is 32.2. The summed E-state index contributed by atoms with van der Waals surface area (Å²) in [7, 11) is -1.08. The van der Waals surface area contributed by atoms with E-state index in [0.717, 1.165) is 11.1 Å². The maximum absolute atomic E-state index is 13.0. The number of ether oxygens (including phenoxy) is 1. The molecule has 1 unspecified atom stereocenters. The van der Waals surface area contributed by atoms with Crippen LogP contribution in [0.3, 0.4) is 0 Å². The second-order valence-corrected chi connectivity index (χ2v) is 8.55. The first-order valence-corrected chi connectivity index (χ1v) is 10.9. The summed E-state index contributed by atoms with van der Waals surface area (Å²) >= 11 is 0. The van der Waals surface area contributed by atoms with E-state index >= 15 is 0 Å². The Bertz CT molecular complexity index is 1100. The Balaban J connectivity index is 1.91. The van der Waals surface area contributed by atoms with Crippen LogP contribution >= 0.6 is 0 Å². The van der Waals surface area contributed by atoms with Crippen molar-refractivity contribution in [2.75, 3.05) is 14.2 Å². The third kappa shape index (κ3) is 5.06. The van der Waals surface area contributed by atoms with E-state index in [2.05, 4.69) is 10.0 Å². The molecule has 0 fully saturated rings.